The van der Waals surface area contributed by atoms with Crippen LogP contribution < -0.4 is 0 Å². The summed E-state index contributed by atoms with van der Waals surface area (Å²) in [6.45, 7) is 2.92. The van der Waals surface area contributed by atoms with E-state index < -0.39 is 0 Å². The third kappa shape index (κ3) is 4.40. The van der Waals surface area contributed by atoms with Gasteiger partial charge in [-0.2, -0.15) is 0 Å². The molecule has 3 aromatic rings. The number of fused-ring (bicyclic) bond motifs is 1. The molecular formula is C20H24FN3S. The van der Waals surface area contributed by atoms with Crippen LogP contribution in [0.4, 0.5) is 4.39 Å². The Labute approximate surface area is 152 Å². The summed E-state index contributed by atoms with van der Waals surface area (Å²) >= 11 is 1.60. The molecule has 0 radical (unpaired) electrons. The van der Waals surface area contributed by atoms with Crippen LogP contribution in [0, 0.1) is 5.82 Å². The predicted octanol–water partition coefficient (Wildman–Crippen LogP) is 5.46. The van der Waals surface area contributed by atoms with Gasteiger partial charge in [0.05, 0.1) is 6.20 Å². The minimum Gasteiger partial charge on any atom is -0.324 e. The van der Waals surface area contributed by atoms with Crippen molar-refractivity contribution >= 4 is 22.9 Å². The van der Waals surface area contributed by atoms with Gasteiger partial charge in [0.25, 0.3) is 0 Å². The van der Waals surface area contributed by atoms with E-state index in [1.54, 1.807) is 11.8 Å². The highest BCUT2D eigenvalue weighted by molar-refractivity contribution is 7.98. The molecule has 2 heterocycles. The zero-order valence-electron chi connectivity index (χ0n) is 14.8. The maximum atomic E-state index is 13.2. The van der Waals surface area contributed by atoms with Crippen molar-refractivity contribution in [3.63, 3.8) is 0 Å². The maximum absolute atomic E-state index is 13.2. The van der Waals surface area contributed by atoms with Crippen molar-refractivity contribution in [2.24, 2.45) is 0 Å². The Balaban J connectivity index is 1.92. The molecular weight excluding hydrogens is 333 g/mol. The second kappa shape index (κ2) is 8.48. The van der Waals surface area contributed by atoms with Gasteiger partial charge in [0.15, 0.2) is 5.65 Å². The molecule has 2 aromatic heterocycles. The zero-order valence-corrected chi connectivity index (χ0v) is 15.7. The van der Waals surface area contributed by atoms with Gasteiger partial charge in [-0.1, -0.05) is 38.3 Å². The quantitative estimate of drug-likeness (QED) is 0.396. The molecule has 0 fully saturated rings. The van der Waals surface area contributed by atoms with Crippen LogP contribution in [0.2, 0.25) is 0 Å². The number of rotatable bonds is 8. The Kier molecular flexibility index (Phi) is 6.08. The average Bonchev–Trinajstić information content (AvgIpc) is 2.97. The number of thioether (sulfide) groups is 1. The highest BCUT2D eigenvalue weighted by atomic mass is 32.2. The van der Waals surface area contributed by atoms with Crippen LogP contribution in [0.3, 0.4) is 0 Å². The standard InChI is InChI=1S/C20H24FN3S/c1-3-4-5-6-7-17-12-18-20(22-13-19(23-18)25-2)24(17)14-15-8-10-16(21)11-9-15/h8-13H,3-7,14H2,1-2H3. The molecule has 0 spiro atoms. The first-order chi connectivity index (χ1) is 12.2. The molecule has 0 aliphatic carbocycles. The molecule has 0 saturated heterocycles. The normalized spacial score (nSPS) is 11.3. The monoisotopic (exact) mass is 357 g/mol. The number of unbranched alkanes of at least 4 members (excludes halogenated alkanes) is 3. The molecule has 132 valence electrons. The van der Waals surface area contributed by atoms with Crippen LogP contribution in [0.15, 0.2) is 41.6 Å². The van der Waals surface area contributed by atoms with E-state index in [-0.39, 0.29) is 5.82 Å². The van der Waals surface area contributed by atoms with E-state index in [1.165, 1.54) is 43.5 Å². The smallest absolute Gasteiger partial charge is 0.159 e. The number of benzene rings is 1. The number of hydrogen-bond acceptors (Lipinski definition) is 3. The third-order valence-corrected chi connectivity index (χ3v) is 5.03. The molecule has 25 heavy (non-hydrogen) atoms. The summed E-state index contributed by atoms with van der Waals surface area (Å²) in [4.78, 5) is 9.33. The first-order valence-corrected chi connectivity index (χ1v) is 10.1. The zero-order chi connectivity index (χ0) is 17.6. The second-order valence-corrected chi connectivity index (χ2v) is 7.11. The molecule has 0 aliphatic heterocycles. The van der Waals surface area contributed by atoms with Crippen molar-refractivity contribution < 1.29 is 4.39 Å². The molecule has 0 saturated carbocycles. The Morgan fingerprint density at radius 3 is 2.64 bits per heavy atom. The van der Waals surface area contributed by atoms with E-state index in [1.807, 2.05) is 24.6 Å². The molecule has 0 atom stereocenters. The predicted molar refractivity (Wildman–Crippen MR) is 103 cm³/mol. The number of halogens is 1. The van der Waals surface area contributed by atoms with Crippen molar-refractivity contribution in [3.05, 3.63) is 53.6 Å². The molecule has 0 bridgehead atoms. The Morgan fingerprint density at radius 1 is 1.12 bits per heavy atom. The minimum atomic E-state index is -0.203. The number of hydrogen-bond donors (Lipinski definition) is 0. The van der Waals surface area contributed by atoms with Gasteiger partial charge < -0.3 is 4.57 Å². The summed E-state index contributed by atoms with van der Waals surface area (Å²) in [5.74, 6) is -0.203. The molecule has 0 aliphatic rings. The van der Waals surface area contributed by atoms with Crippen molar-refractivity contribution in [1.82, 2.24) is 14.5 Å². The molecule has 3 nitrogen and oxygen atoms in total. The molecule has 1 aromatic carbocycles. The van der Waals surface area contributed by atoms with E-state index in [4.69, 9.17) is 4.98 Å². The summed E-state index contributed by atoms with van der Waals surface area (Å²) in [7, 11) is 0. The van der Waals surface area contributed by atoms with Crippen molar-refractivity contribution in [3.8, 4) is 0 Å². The third-order valence-electron chi connectivity index (χ3n) is 4.41. The van der Waals surface area contributed by atoms with Crippen LogP contribution in [-0.4, -0.2) is 20.8 Å². The largest absolute Gasteiger partial charge is 0.324 e. The topological polar surface area (TPSA) is 30.7 Å². The second-order valence-electron chi connectivity index (χ2n) is 6.28. The lowest BCUT2D eigenvalue weighted by Crippen LogP contribution is -2.05. The fourth-order valence-electron chi connectivity index (χ4n) is 3.04. The van der Waals surface area contributed by atoms with Crippen molar-refractivity contribution in [2.45, 2.75) is 50.6 Å². The number of nitrogens with zero attached hydrogens (tertiary/aromatic N) is 3. The van der Waals surface area contributed by atoms with Gasteiger partial charge in [-0.15, -0.1) is 11.8 Å². The van der Waals surface area contributed by atoms with Gasteiger partial charge >= 0.3 is 0 Å². The van der Waals surface area contributed by atoms with Gasteiger partial charge in [-0.05, 0) is 42.9 Å². The van der Waals surface area contributed by atoms with E-state index in [0.29, 0.717) is 6.54 Å². The summed E-state index contributed by atoms with van der Waals surface area (Å²) < 4.78 is 15.4. The highest BCUT2D eigenvalue weighted by Gasteiger charge is 2.12. The van der Waals surface area contributed by atoms with Crippen LogP contribution in [0.25, 0.3) is 11.2 Å². The molecule has 5 heteroatoms. The van der Waals surface area contributed by atoms with Crippen LogP contribution in [0.5, 0.6) is 0 Å². The van der Waals surface area contributed by atoms with E-state index in [0.717, 1.165) is 28.2 Å². The van der Waals surface area contributed by atoms with Crippen molar-refractivity contribution in [2.75, 3.05) is 6.26 Å². The lowest BCUT2D eigenvalue weighted by Gasteiger charge is -2.10. The molecule has 0 amide bonds. The van der Waals surface area contributed by atoms with Gasteiger partial charge in [0.2, 0.25) is 0 Å². The van der Waals surface area contributed by atoms with Crippen LogP contribution in [-0.2, 0) is 13.0 Å². The van der Waals surface area contributed by atoms with E-state index in [2.05, 4.69) is 22.5 Å². The maximum Gasteiger partial charge on any atom is 0.159 e. The Morgan fingerprint density at radius 2 is 1.92 bits per heavy atom. The van der Waals surface area contributed by atoms with Gasteiger partial charge in [-0.3, -0.25) is 0 Å². The summed E-state index contributed by atoms with van der Waals surface area (Å²) in [5.41, 5.74) is 4.19. The number of aryl methyl sites for hydroxylation is 1. The lowest BCUT2D eigenvalue weighted by atomic mass is 10.1. The van der Waals surface area contributed by atoms with Crippen LogP contribution >= 0.6 is 11.8 Å². The summed E-state index contributed by atoms with van der Waals surface area (Å²) in [6, 6.07) is 8.87. The first kappa shape index (κ1) is 17.9. The van der Waals surface area contributed by atoms with E-state index in [9.17, 15) is 4.39 Å². The van der Waals surface area contributed by atoms with Gasteiger partial charge in [-0.25, -0.2) is 14.4 Å². The molecule has 0 N–H and O–H groups in total. The average molecular weight is 357 g/mol. The van der Waals surface area contributed by atoms with Crippen molar-refractivity contribution in [1.29, 1.82) is 0 Å². The highest BCUT2D eigenvalue weighted by Crippen LogP contribution is 2.23. The van der Waals surface area contributed by atoms with Gasteiger partial charge in [0, 0.05) is 12.2 Å². The Bertz CT molecular complexity index is 827. The first-order valence-electron chi connectivity index (χ1n) is 8.85. The SMILES string of the molecule is CCCCCCc1cc2nc(SC)cnc2n1Cc1ccc(F)cc1. The Hall–Kier alpha value is -1.88. The summed E-state index contributed by atoms with van der Waals surface area (Å²) in [5, 5.41) is 0.934. The summed E-state index contributed by atoms with van der Waals surface area (Å²) in [6.07, 6.45) is 9.78. The molecule has 0 unspecified atom stereocenters. The fourth-order valence-corrected chi connectivity index (χ4v) is 3.39. The fraction of sp³-hybridized carbons (Fsp3) is 0.400. The minimum absolute atomic E-state index is 0.203. The van der Waals surface area contributed by atoms with E-state index >= 15 is 0 Å². The molecule has 3 rings (SSSR count). The van der Waals surface area contributed by atoms with Crippen LogP contribution in [0.1, 0.15) is 43.9 Å². The van der Waals surface area contributed by atoms with Gasteiger partial charge in [0.1, 0.15) is 16.4 Å². The lowest BCUT2D eigenvalue weighted by molar-refractivity contribution is 0.624. The number of aromatic nitrogens is 3.